The number of nitrogens with one attached hydrogen (secondary N) is 1. The van der Waals surface area contributed by atoms with Crippen LogP contribution in [0.1, 0.15) is 32.4 Å². The Kier molecular flexibility index (Phi) is 5.08. The molecule has 7 nitrogen and oxygen atoms in total. The highest BCUT2D eigenvalue weighted by Gasteiger charge is 2.24. The van der Waals surface area contributed by atoms with E-state index in [9.17, 15) is 15.2 Å². The first-order valence-corrected chi connectivity index (χ1v) is 6.14. The first-order chi connectivity index (χ1) is 8.51. The Bertz CT molecular complexity index is 417. The third-order valence-electron chi connectivity index (χ3n) is 2.70. The fourth-order valence-corrected chi connectivity index (χ4v) is 1.84. The van der Waals surface area contributed by atoms with Crippen LogP contribution < -0.4 is 5.32 Å². The second-order valence-electron chi connectivity index (χ2n) is 4.18. The molecule has 18 heavy (non-hydrogen) atoms. The molecule has 2 N–H and O–H groups in total. The van der Waals surface area contributed by atoms with E-state index in [1.165, 1.54) is 0 Å². The predicted octanol–water partition coefficient (Wildman–Crippen LogP) is 1.69. The molecule has 0 aliphatic carbocycles. The smallest absolute Gasteiger partial charge is 0.333 e. The fraction of sp³-hybridized carbons (Fsp3) is 0.727. The van der Waals surface area contributed by atoms with Gasteiger partial charge in [-0.2, -0.15) is 5.10 Å². The lowest BCUT2D eigenvalue weighted by atomic mass is 10.2. The van der Waals surface area contributed by atoms with Gasteiger partial charge in [-0.05, 0) is 20.3 Å². The average Bonchev–Trinajstić information content (AvgIpc) is 2.63. The summed E-state index contributed by atoms with van der Waals surface area (Å²) in [6.07, 6.45) is 1.03. The maximum absolute atomic E-state index is 11.0. The van der Waals surface area contributed by atoms with Crippen molar-refractivity contribution in [1.82, 2.24) is 9.78 Å². The van der Waals surface area contributed by atoms with Crippen LogP contribution in [-0.4, -0.2) is 32.5 Å². The maximum atomic E-state index is 11.0. The summed E-state index contributed by atoms with van der Waals surface area (Å²) in [5.41, 5.74) is 0.370. The SMILES string of the molecule is CCCC(O)CNc1c([N+](=O)[O-])c(C)nn1CC. The predicted molar refractivity (Wildman–Crippen MR) is 68.7 cm³/mol. The molecular weight excluding hydrogens is 236 g/mol. The van der Waals surface area contributed by atoms with Crippen molar-refractivity contribution in [3.8, 4) is 0 Å². The Morgan fingerprint density at radius 1 is 1.56 bits per heavy atom. The van der Waals surface area contributed by atoms with Gasteiger partial charge in [-0.25, -0.2) is 4.68 Å². The van der Waals surface area contributed by atoms with Crippen molar-refractivity contribution >= 4 is 11.5 Å². The van der Waals surface area contributed by atoms with Crippen LogP contribution >= 0.6 is 0 Å². The largest absolute Gasteiger partial charge is 0.391 e. The normalized spacial score (nSPS) is 12.4. The third-order valence-corrected chi connectivity index (χ3v) is 2.70. The minimum Gasteiger partial charge on any atom is -0.391 e. The van der Waals surface area contributed by atoms with Gasteiger partial charge in [0.25, 0.3) is 0 Å². The minimum absolute atomic E-state index is 0.0134. The molecule has 0 aliphatic rings. The van der Waals surface area contributed by atoms with E-state index >= 15 is 0 Å². The van der Waals surface area contributed by atoms with Crippen LogP contribution in [-0.2, 0) is 6.54 Å². The topological polar surface area (TPSA) is 93.2 Å². The summed E-state index contributed by atoms with van der Waals surface area (Å²) < 4.78 is 1.55. The Hall–Kier alpha value is -1.63. The van der Waals surface area contributed by atoms with Crippen LogP contribution in [0.15, 0.2) is 0 Å². The number of hydrogen-bond donors (Lipinski definition) is 2. The first kappa shape index (κ1) is 14.4. The highest BCUT2D eigenvalue weighted by atomic mass is 16.6. The van der Waals surface area contributed by atoms with E-state index in [1.54, 1.807) is 11.6 Å². The van der Waals surface area contributed by atoms with Crippen LogP contribution in [0.3, 0.4) is 0 Å². The van der Waals surface area contributed by atoms with Crippen molar-refractivity contribution < 1.29 is 10.0 Å². The summed E-state index contributed by atoms with van der Waals surface area (Å²) in [4.78, 5) is 10.6. The highest BCUT2D eigenvalue weighted by molar-refractivity contribution is 5.59. The number of aryl methyl sites for hydroxylation is 2. The summed E-state index contributed by atoms with van der Waals surface area (Å²) in [6, 6.07) is 0. The summed E-state index contributed by atoms with van der Waals surface area (Å²) in [7, 11) is 0. The molecule has 1 rings (SSSR count). The van der Waals surface area contributed by atoms with Gasteiger partial charge in [-0.3, -0.25) is 10.1 Å². The van der Waals surface area contributed by atoms with Gasteiger partial charge in [0.05, 0.1) is 11.0 Å². The Labute approximate surface area is 106 Å². The monoisotopic (exact) mass is 256 g/mol. The number of aliphatic hydroxyl groups is 1. The lowest BCUT2D eigenvalue weighted by Gasteiger charge is -2.12. The van der Waals surface area contributed by atoms with E-state index < -0.39 is 11.0 Å². The quantitative estimate of drug-likeness (QED) is 0.572. The van der Waals surface area contributed by atoms with Gasteiger partial charge < -0.3 is 10.4 Å². The molecule has 102 valence electrons. The zero-order valence-corrected chi connectivity index (χ0v) is 11.0. The molecule has 0 spiro atoms. The van der Waals surface area contributed by atoms with Gasteiger partial charge in [0, 0.05) is 13.1 Å². The van der Waals surface area contributed by atoms with E-state index in [0.29, 0.717) is 31.0 Å². The van der Waals surface area contributed by atoms with E-state index in [2.05, 4.69) is 10.4 Å². The van der Waals surface area contributed by atoms with E-state index in [0.717, 1.165) is 6.42 Å². The molecule has 0 aliphatic heterocycles. The van der Waals surface area contributed by atoms with Crippen molar-refractivity contribution in [2.24, 2.45) is 0 Å². The Balaban J connectivity index is 2.88. The molecule has 0 saturated carbocycles. The summed E-state index contributed by atoms with van der Waals surface area (Å²) >= 11 is 0. The molecule has 0 aromatic carbocycles. The Morgan fingerprint density at radius 2 is 2.22 bits per heavy atom. The molecule has 1 aromatic heterocycles. The summed E-state index contributed by atoms with van der Waals surface area (Å²) in [6.45, 7) is 6.29. The number of anilines is 1. The van der Waals surface area contributed by atoms with Gasteiger partial charge in [0.15, 0.2) is 0 Å². The van der Waals surface area contributed by atoms with Crippen molar-refractivity contribution in [2.45, 2.75) is 46.3 Å². The minimum atomic E-state index is -0.505. The van der Waals surface area contributed by atoms with Crippen LogP contribution in [0.4, 0.5) is 11.5 Å². The molecule has 1 atom stereocenters. The van der Waals surface area contributed by atoms with E-state index in [4.69, 9.17) is 0 Å². The number of nitro groups is 1. The number of aromatic nitrogens is 2. The zero-order valence-electron chi connectivity index (χ0n) is 11.0. The summed E-state index contributed by atoms with van der Waals surface area (Å²) in [5, 5.41) is 27.7. The van der Waals surface area contributed by atoms with E-state index in [-0.39, 0.29) is 5.69 Å². The molecular formula is C11H20N4O3. The first-order valence-electron chi connectivity index (χ1n) is 6.14. The molecule has 0 fully saturated rings. The molecule has 0 radical (unpaired) electrons. The highest BCUT2D eigenvalue weighted by Crippen LogP contribution is 2.28. The molecule has 0 amide bonds. The average molecular weight is 256 g/mol. The Morgan fingerprint density at radius 3 is 2.72 bits per heavy atom. The number of hydrogen-bond acceptors (Lipinski definition) is 5. The van der Waals surface area contributed by atoms with Crippen LogP contribution in [0, 0.1) is 17.0 Å². The summed E-state index contributed by atoms with van der Waals surface area (Å²) in [5.74, 6) is 0.371. The van der Waals surface area contributed by atoms with Crippen LogP contribution in [0.25, 0.3) is 0 Å². The van der Waals surface area contributed by atoms with Crippen LogP contribution in [0.5, 0.6) is 0 Å². The second kappa shape index (κ2) is 6.34. The molecule has 0 saturated heterocycles. The van der Waals surface area contributed by atoms with Crippen LogP contribution in [0.2, 0.25) is 0 Å². The number of rotatable bonds is 7. The molecule has 0 bridgehead atoms. The lowest BCUT2D eigenvalue weighted by molar-refractivity contribution is -0.384. The number of nitrogens with zero attached hydrogens (tertiary/aromatic N) is 3. The van der Waals surface area contributed by atoms with Crippen molar-refractivity contribution in [2.75, 3.05) is 11.9 Å². The lowest BCUT2D eigenvalue weighted by Crippen LogP contribution is -2.21. The van der Waals surface area contributed by atoms with Gasteiger partial charge in [-0.1, -0.05) is 13.3 Å². The molecule has 1 unspecified atom stereocenters. The zero-order chi connectivity index (χ0) is 13.7. The second-order valence-corrected chi connectivity index (χ2v) is 4.18. The van der Waals surface area contributed by atoms with Crippen molar-refractivity contribution in [1.29, 1.82) is 0 Å². The molecule has 1 heterocycles. The van der Waals surface area contributed by atoms with E-state index in [1.807, 2.05) is 13.8 Å². The third kappa shape index (κ3) is 3.19. The van der Waals surface area contributed by atoms with Gasteiger partial charge in [-0.15, -0.1) is 0 Å². The van der Waals surface area contributed by atoms with Crippen molar-refractivity contribution in [3.63, 3.8) is 0 Å². The molecule has 7 heteroatoms. The maximum Gasteiger partial charge on any atom is 0.333 e. The van der Waals surface area contributed by atoms with Gasteiger partial charge >= 0.3 is 5.69 Å². The molecule has 1 aromatic rings. The van der Waals surface area contributed by atoms with Crippen molar-refractivity contribution in [3.05, 3.63) is 15.8 Å². The van der Waals surface area contributed by atoms with Gasteiger partial charge in [0.1, 0.15) is 5.69 Å². The fourth-order valence-electron chi connectivity index (χ4n) is 1.84. The standard InChI is InChI=1S/C11H20N4O3/c1-4-6-9(16)7-12-11-10(15(17)18)8(3)13-14(11)5-2/h9,12,16H,4-7H2,1-3H3. The number of aliphatic hydroxyl groups excluding tert-OH is 1. The van der Waals surface area contributed by atoms with Gasteiger partial charge in [0.2, 0.25) is 5.82 Å².